The molecule has 0 atom stereocenters. The quantitative estimate of drug-likeness (QED) is 0.745. The zero-order valence-electron chi connectivity index (χ0n) is 9.40. The van der Waals surface area contributed by atoms with E-state index in [0.717, 1.165) is 17.9 Å². The number of rotatable bonds is 7. The van der Waals surface area contributed by atoms with Crippen molar-refractivity contribution >= 4 is 11.7 Å². The summed E-state index contributed by atoms with van der Waals surface area (Å²) in [6, 6.07) is 7.51. The third-order valence-corrected chi connectivity index (χ3v) is 2.00. The lowest BCUT2D eigenvalue weighted by atomic mass is 10.3. The Balaban J connectivity index is 2.36. The first-order valence-corrected chi connectivity index (χ1v) is 5.41. The summed E-state index contributed by atoms with van der Waals surface area (Å²) in [6.45, 7) is 3.21. The smallest absolute Gasteiger partial charge is 0.305 e. The molecular weight excluding hydrogens is 206 g/mol. The van der Waals surface area contributed by atoms with Gasteiger partial charge >= 0.3 is 5.97 Å². The van der Waals surface area contributed by atoms with Gasteiger partial charge in [-0.15, -0.1) is 0 Å². The number of anilines is 1. The summed E-state index contributed by atoms with van der Waals surface area (Å²) in [5.74, 6) is 0.0426. The molecule has 0 amide bonds. The average molecular weight is 223 g/mol. The molecule has 0 spiro atoms. The summed E-state index contributed by atoms with van der Waals surface area (Å²) >= 11 is 0. The van der Waals surface area contributed by atoms with Gasteiger partial charge in [-0.25, -0.2) is 0 Å². The molecule has 0 radical (unpaired) electrons. The highest BCUT2D eigenvalue weighted by Crippen LogP contribution is 2.15. The fourth-order valence-corrected chi connectivity index (χ4v) is 1.20. The number of aliphatic carboxylic acids is 1. The Morgan fingerprint density at radius 2 is 2.06 bits per heavy atom. The summed E-state index contributed by atoms with van der Waals surface area (Å²) in [4.78, 5) is 10.3. The van der Waals surface area contributed by atoms with Gasteiger partial charge in [0.05, 0.1) is 13.0 Å². The number of nitrogens with one attached hydrogen (secondary N) is 1. The first kappa shape index (κ1) is 12.4. The van der Waals surface area contributed by atoms with Crippen molar-refractivity contribution in [1.82, 2.24) is 0 Å². The maximum absolute atomic E-state index is 10.3. The number of benzene rings is 1. The van der Waals surface area contributed by atoms with Gasteiger partial charge in [-0.3, -0.25) is 4.79 Å². The SMILES string of the molecule is CCCOc1ccc(NCCC(=O)O)cc1. The average Bonchev–Trinajstić information content (AvgIpc) is 2.27. The van der Waals surface area contributed by atoms with E-state index in [1.54, 1.807) is 0 Å². The third-order valence-electron chi connectivity index (χ3n) is 2.00. The summed E-state index contributed by atoms with van der Waals surface area (Å²) in [5.41, 5.74) is 0.907. The van der Waals surface area contributed by atoms with Gasteiger partial charge in [0.1, 0.15) is 5.75 Å². The van der Waals surface area contributed by atoms with Crippen LogP contribution in [0.3, 0.4) is 0 Å². The molecule has 0 bridgehead atoms. The van der Waals surface area contributed by atoms with Gasteiger partial charge in [-0.05, 0) is 30.7 Å². The minimum Gasteiger partial charge on any atom is -0.494 e. The molecule has 0 fully saturated rings. The van der Waals surface area contributed by atoms with Crippen LogP contribution in [0.2, 0.25) is 0 Å². The van der Waals surface area contributed by atoms with Crippen LogP contribution in [0.5, 0.6) is 5.75 Å². The molecule has 4 heteroatoms. The molecule has 0 saturated carbocycles. The Labute approximate surface area is 95.2 Å². The lowest BCUT2D eigenvalue weighted by Crippen LogP contribution is -2.07. The fourth-order valence-electron chi connectivity index (χ4n) is 1.20. The minimum atomic E-state index is -0.796. The van der Waals surface area contributed by atoms with Gasteiger partial charge in [0.25, 0.3) is 0 Å². The second-order valence-electron chi connectivity index (χ2n) is 3.44. The van der Waals surface area contributed by atoms with E-state index in [2.05, 4.69) is 12.2 Å². The fraction of sp³-hybridized carbons (Fsp3) is 0.417. The molecule has 2 N–H and O–H groups in total. The molecular formula is C12H17NO3. The third kappa shape index (κ3) is 4.68. The van der Waals surface area contributed by atoms with Gasteiger partial charge in [0.15, 0.2) is 0 Å². The normalized spacial score (nSPS) is 9.81. The molecule has 1 aromatic rings. The molecule has 0 aliphatic rings. The van der Waals surface area contributed by atoms with Crippen LogP contribution in [0.4, 0.5) is 5.69 Å². The van der Waals surface area contributed by atoms with E-state index >= 15 is 0 Å². The van der Waals surface area contributed by atoms with Crippen molar-refractivity contribution in [3.8, 4) is 5.75 Å². The number of ether oxygens (including phenoxy) is 1. The van der Waals surface area contributed by atoms with Crippen LogP contribution in [0.15, 0.2) is 24.3 Å². The van der Waals surface area contributed by atoms with Gasteiger partial charge in [0, 0.05) is 12.2 Å². The molecule has 0 aliphatic carbocycles. The largest absolute Gasteiger partial charge is 0.494 e. The Kier molecular flexibility index (Phi) is 5.19. The van der Waals surface area contributed by atoms with Crippen molar-refractivity contribution in [3.05, 3.63) is 24.3 Å². The topological polar surface area (TPSA) is 58.6 Å². The highest BCUT2D eigenvalue weighted by molar-refractivity contribution is 5.67. The van der Waals surface area contributed by atoms with Gasteiger partial charge in [-0.1, -0.05) is 6.92 Å². The van der Waals surface area contributed by atoms with Crippen molar-refractivity contribution < 1.29 is 14.6 Å². The Morgan fingerprint density at radius 3 is 2.62 bits per heavy atom. The van der Waals surface area contributed by atoms with E-state index in [-0.39, 0.29) is 6.42 Å². The maximum atomic E-state index is 10.3. The van der Waals surface area contributed by atoms with Crippen molar-refractivity contribution in [1.29, 1.82) is 0 Å². The molecule has 1 rings (SSSR count). The van der Waals surface area contributed by atoms with Crippen molar-refractivity contribution in [3.63, 3.8) is 0 Å². The Hall–Kier alpha value is -1.71. The van der Waals surface area contributed by atoms with E-state index in [9.17, 15) is 4.79 Å². The minimum absolute atomic E-state index is 0.119. The molecule has 0 aliphatic heterocycles. The van der Waals surface area contributed by atoms with Crippen molar-refractivity contribution in [2.75, 3.05) is 18.5 Å². The summed E-state index contributed by atoms with van der Waals surface area (Å²) < 4.78 is 5.43. The zero-order chi connectivity index (χ0) is 11.8. The number of carbonyl (C=O) groups is 1. The molecule has 16 heavy (non-hydrogen) atoms. The van der Waals surface area contributed by atoms with Crippen LogP contribution in [-0.4, -0.2) is 24.2 Å². The van der Waals surface area contributed by atoms with Crippen LogP contribution >= 0.6 is 0 Å². The predicted molar refractivity (Wildman–Crippen MR) is 63.0 cm³/mol. The van der Waals surface area contributed by atoms with Gasteiger partial charge < -0.3 is 15.2 Å². The Morgan fingerprint density at radius 1 is 1.38 bits per heavy atom. The summed E-state index contributed by atoms with van der Waals surface area (Å²) in [7, 11) is 0. The lowest BCUT2D eigenvalue weighted by Gasteiger charge is -2.07. The summed E-state index contributed by atoms with van der Waals surface area (Å²) in [5, 5.41) is 11.5. The Bertz CT molecular complexity index is 322. The molecule has 0 aromatic heterocycles. The van der Waals surface area contributed by atoms with Crippen LogP contribution in [-0.2, 0) is 4.79 Å². The van der Waals surface area contributed by atoms with E-state index in [0.29, 0.717) is 13.2 Å². The monoisotopic (exact) mass is 223 g/mol. The zero-order valence-corrected chi connectivity index (χ0v) is 9.40. The standard InChI is InChI=1S/C12H17NO3/c1-2-9-16-11-5-3-10(4-6-11)13-8-7-12(14)15/h3-6,13H,2,7-9H2,1H3,(H,14,15). The highest BCUT2D eigenvalue weighted by Gasteiger charge is 1.97. The number of carboxylic acid groups (broad SMARTS) is 1. The van der Waals surface area contributed by atoms with E-state index < -0.39 is 5.97 Å². The second kappa shape index (κ2) is 6.71. The highest BCUT2D eigenvalue weighted by atomic mass is 16.5. The number of hydrogen-bond acceptors (Lipinski definition) is 3. The van der Waals surface area contributed by atoms with E-state index in [4.69, 9.17) is 9.84 Å². The van der Waals surface area contributed by atoms with Crippen LogP contribution < -0.4 is 10.1 Å². The van der Waals surface area contributed by atoms with Crippen molar-refractivity contribution in [2.24, 2.45) is 0 Å². The van der Waals surface area contributed by atoms with Gasteiger partial charge in [0.2, 0.25) is 0 Å². The number of hydrogen-bond donors (Lipinski definition) is 2. The van der Waals surface area contributed by atoms with Crippen LogP contribution in [0.1, 0.15) is 19.8 Å². The molecule has 88 valence electrons. The van der Waals surface area contributed by atoms with Gasteiger partial charge in [-0.2, -0.15) is 0 Å². The second-order valence-corrected chi connectivity index (χ2v) is 3.44. The summed E-state index contributed by atoms with van der Waals surface area (Å²) in [6.07, 6.45) is 1.10. The maximum Gasteiger partial charge on any atom is 0.305 e. The first-order chi connectivity index (χ1) is 7.72. The molecule has 4 nitrogen and oxygen atoms in total. The number of carboxylic acids is 1. The first-order valence-electron chi connectivity index (χ1n) is 5.41. The molecule has 0 saturated heterocycles. The molecule has 1 aromatic carbocycles. The van der Waals surface area contributed by atoms with Crippen molar-refractivity contribution in [2.45, 2.75) is 19.8 Å². The van der Waals surface area contributed by atoms with Crippen LogP contribution in [0.25, 0.3) is 0 Å². The molecule has 0 heterocycles. The lowest BCUT2D eigenvalue weighted by molar-refractivity contribution is -0.136. The molecule has 0 unspecified atom stereocenters. The van der Waals surface area contributed by atoms with E-state index in [1.807, 2.05) is 24.3 Å². The van der Waals surface area contributed by atoms with Crippen LogP contribution in [0, 0.1) is 0 Å². The van der Waals surface area contributed by atoms with E-state index in [1.165, 1.54) is 0 Å². The predicted octanol–water partition coefficient (Wildman–Crippen LogP) is 2.36.